The van der Waals surface area contributed by atoms with Crippen LogP contribution in [-0.4, -0.2) is 42.6 Å². The Morgan fingerprint density at radius 1 is 1.12 bits per heavy atom. The fourth-order valence-electron chi connectivity index (χ4n) is 2.06. The van der Waals surface area contributed by atoms with E-state index in [9.17, 15) is 0 Å². The van der Waals surface area contributed by atoms with Crippen molar-refractivity contribution >= 4 is 0 Å². The van der Waals surface area contributed by atoms with Crippen LogP contribution in [0.3, 0.4) is 0 Å². The third-order valence-corrected chi connectivity index (χ3v) is 3.13. The van der Waals surface area contributed by atoms with Crippen LogP contribution in [0.15, 0.2) is 18.2 Å². The molecular weight excluding hydrogens is 212 g/mol. The summed E-state index contributed by atoms with van der Waals surface area (Å²) in [5.41, 5.74) is 2.26. The van der Waals surface area contributed by atoms with Gasteiger partial charge in [0.25, 0.3) is 0 Å². The highest BCUT2D eigenvalue weighted by Gasteiger charge is 2.04. The van der Waals surface area contributed by atoms with Crippen LogP contribution >= 0.6 is 0 Å². The van der Waals surface area contributed by atoms with E-state index < -0.39 is 0 Å². The normalized spacial score (nSPS) is 19.4. The average Bonchev–Trinajstić information content (AvgIpc) is 2.36. The molecule has 0 saturated heterocycles. The van der Waals surface area contributed by atoms with E-state index in [2.05, 4.69) is 45.6 Å². The smallest absolute Gasteiger partial charge is 0.0545 e. The Kier molecular flexibility index (Phi) is 4.91. The van der Waals surface area contributed by atoms with Crippen LogP contribution in [0.5, 0.6) is 0 Å². The SMILES string of the molecule is CCN1CCNCc2cccc(n2)CNCC1. The van der Waals surface area contributed by atoms with E-state index in [1.54, 1.807) is 0 Å². The van der Waals surface area contributed by atoms with Crippen molar-refractivity contribution in [3.05, 3.63) is 29.6 Å². The van der Waals surface area contributed by atoms with E-state index in [-0.39, 0.29) is 0 Å². The predicted molar refractivity (Wildman–Crippen MR) is 69.8 cm³/mol. The molecule has 2 heterocycles. The van der Waals surface area contributed by atoms with Crippen LogP contribution in [0, 0.1) is 0 Å². The molecule has 4 nitrogen and oxygen atoms in total. The van der Waals surface area contributed by atoms with Gasteiger partial charge < -0.3 is 15.5 Å². The molecule has 0 aliphatic carbocycles. The quantitative estimate of drug-likeness (QED) is 0.746. The van der Waals surface area contributed by atoms with Gasteiger partial charge >= 0.3 is 0 Å². The standard InChI is InChI=1S/C13H22N4/c1-2-17-8-6-14-10-12-4-3-5-13(16-12)11-15-7-9-17/h3-5,14-15H,2,6-11H2,1H3. The van der Waals surface area contributed by atoms with Crippen LogP contribution in [0.2, 0.25) is 0 Å². The zero-order valence-electron chi connectivity index (χ0n) is 10.6. The Bertz CT molecular complexity index is 313. The third-order valence-electron chi connectivity index (χ3n) is 3.13. The number of pyridine rings is 1. The van der Waals surface area contributed by atoms with Crippen molar-refractivity contribution in [2.75, 3.05) is 32.7 Å². The summed E-state index contributed by atoms with van der Waals surface area (Å²) < 4.78 is 0. The Balaban J connectivity index is 1.97. The van der Waals surface area contributed by atoms with Crippen molar-refractivity contribution in [3.8, 4) is 0 Å². The maximum Gasteiger partial charge on any atom is 0.0545 e. The molecule has 0 atom stereocenters. The minimum Gasteiger partial charge on any atom is -0.310 e. The van der Waals surface area contributed by atoms with E-state index in [1.165, 1.54) is 0 Å². The molecule has 0 unspecified atom stereocenters. The number of aromatic nitrogens is 1. The maximum absolute atomic E-state index is 4.61. The molecule has 17 heavy (non-hydrogen) atoms. The van der Waals surface area contributed by atoms with Crippen molar-refractivity contribution < 1.29 is 0 Å². The highest BCUT2D eigenvalue weighted by molar-refractivity contribution is 5.11. The van der Waals surface area contributed by atoms with Gasteiger partial charge in [-0.2, -0.15) is 0 Å². The summed E-state index contributed by atoms with van der Waals surface area (Å²) in [5, 5.41) is 6.90. The summed E-state index contributed by atoms with van der Waals surface area (Å²) in [6, 6.07) is 6.25. The van der Waals surface area contributed by atoms with Crippen molar-refractivity contribution in [2.24, 2.45) is 0 Å². The molecule has 0 amide bonds. The van der Waals surface area contributed by atoms with E-state index in [4.69, 9.17) is 0 Å². The summed E-state index contributed by atoms with van der Waals surface area (Å²) >= 11 is 0. The molecule has 0 radical (unpaired) electrons. The van der Waals surface area contributed by atoms with Crippen LogP contribution in [0.25, 0.3) is 0 Å². The minimum atomic E-state index is 0.866. The molecule has 94 valence electrons. The Hall–Kier alpha value is -0.970. The number of nitrogens with one attached hydrogen (secondary N) is 2. The van der Waals surface area contributed by atoms with Crippen molar-refractivity contribution in [3.63, 3.8) is 0 Å². The number of fused-ring (bicyclic) bond motifs is 2. The largest absolute Gasteiger partial charge is 0.310 e. The topological polar surface area (TPSA) is 40.2 Å². The molecule has 2 N–H and O–H groups in total. The maximum atomic E-state index is 4.61. The van der Waals surface area contributed by atoms with Gasteiger partial charge in [-0.25, -0.2) is 0 Å². The molecule has 0 saturated carbocycles. The molecule has 1 aromatic heterocycles. The Morgan fingerprint density at radius 3 is 2.24 bits per heavy atom. The van der Waals surface area contributed by atoms with Gasteiger partial charge in [0.15, 0.2) is 0 Å². The second-order valence-corrected chi connectivity index (χ2v) is 4.41. The summed E-state index contributed by atoms with van der Waals surface area (Å²) in [6.07, 6.45) is 0. The van der Waals surface area contributed by atoms with Crippen LogP contribution in [-0.2, 0) is 13.1 Å². The zero-order chi connectivity index (χ0) is 11.9. The molecule has 0 aromatic carbocycles. The van der Waals surface area contributed by atoms with Gasteiger partial charge in [0.2, 0.25) is 0 Å². The zero-order valence-corrected chi connectivity index (χ0v) is 10.6. The van der Waals surface area contributed by atoms with Crippen LogP contribution < -0.4 is 10.6 Å². The second kappa shape index (κ2) is 6.69. The number of likely N-dealkylation sites (N-methyl/N-ethyl adjacent to an activating group) is 1. The van der Waals surface area contributed by atoms with Gasteiger partial charge in [0, 0.05) is 39.3 Å². The van der Waals surface area contributed by atoms with Gasteiger partial charge in [0.1, 0.15) is 0 Å². The lowest BCUT2D eigenvalue weighted by Gasteiger charge is -2.21. The molecular formula is C13H22N4. The molecule has 0 spiro atoms. The first-order valence-electron chi connectivity index (χ1n) is 6.47. The fourth-order valence-corrected chi connectivity index (χ4v) is 2.06. The van der Waals surface area contributed by atoms with Crippen molar-refractivity contribution in [2.45, 2.75) is 20.0 Å². The first-order valence-corrected chi connectivity index (χ1v) is 6.47. The number of hydrogen-bond donors (Lipinski definition) is 2. The van der Waals surface area contributed by atoms with E-state index >= 15 is 0 Å². The highest BCUT2D eigenvalue weighted by atomic mass is 15.1. The minimum absolute atomic E-state index is 0.866. The predicted octanol–water partition coefficient (Wildman–Crippen LogP) is 0.596. The Labute approximate surface area is 103 Å². The van der Waals surface area contributed by atoms with Gasteiger partial charge in [-0.1, -0.05) is 13.0 Å². The number of rotatable bonds is 1. The van der Waals surface area contributed by atoms with E-state index in [0.717, 1.165) is 57.2 Å². The van der Waals surface area contributed by atoms with Crippen molar-refractivity contribution in [1.82, 2.24) is 20.5 Å². The molecule has 2 rings (SSSR count). The summed E-state index contributed by atoms with van der Waals surface area (Å²) in [5.74, 6) is 0. The van der Waals surface area contributed by atoms with Crippen molar-refractivity contribution in [1.29, 1.82) is 0 Å². The molecule has 4 heteroatoms. The molecule has 1 aromatic rings. The van der Waals surface area contributed by atoms with Gasteiger partial charge in [-0.3, -0.25) is 4.98 Å². The molecule has 0 fully saturated rings. The van der Waals surface area contributed by atoms with E-state index in [1.807, 2.05) is 0 Å². The number of hydrogen-bond acceptors (Lipinski definition) is 4. The summed E-state index contributed by atoms with van der Waals surface area (Å²) in [6.45, 7) is 9.34. The first kappa shape index (κ1) is 12.5. The molecule has 1 aliphatic heterocycles. The first-order chi connectivity index (χ1) is 8.38. The van der Waals surface area contributed by atoms with Gasteiger partial charge in [0.05, 0.1) is 11.4 Å². The average molecular weight is 234 g/mol. The summed E-state index contributed by atoms with van der Waals surface area (Å²) in [4.78, 5) is 7.07. The third kappa shape index (κ3) is 4.07. The lowest BCUT2D eigenvalue weighted by atomic mass is 10.3. The van der Waals surface area contributed by atoms with E-state index in [0.29, 0.717) is 0 Å². The molecule has 1 aliphatic rings. The second-order valence-electron chi connectivity index (χ2n) is 4.41. The Morgan fingerprint density at radius 2 is 1.71 bits per heavy atom. The van der Waals surface area contributed by atoms with Crippen LogP contribution in [0.4, 0.5) is 0 Å². The number of nitrogens with zero attached hydrogens (tertiary/aromatic N) is 2. The van der Waals surface area contributed by atoms with Gasteiger partial charge in [-0.15, -0.1) is 0 Å². The summed E-state index contributed by atoms with van der Waals surface area (Å²) in [7, 11) is 0. The van der Waals surface area contributed by atoms with Gasteiger partial charge in [-0.05, 0) is 18.7 Å². The fraction of sp³-hybridized carbons (Fsp3) is 0.615. The molecule has 2 bridgehead atoms. The lowest BCUT2D eigenvalue weighted by Crippen LogP contribution is -2.37. The monoisotopic (exact) mass is 234 g/mol. The van der Waals surface area contributed by atoms with Crippen LogP contribution in [0.1, 0.15) is 18.3 Å². The highest BCUT2D eigenvalue weighted by Crippen LogP contribution is 2.00. The lowest BCUT2D eigenvalue weighted by molar-refractivity contribution is 0.284.